The molecule has 1 aliphatic rings. The van der Waals surface area contributed by atoms with Crippen LogP contribution in [0.5, 0.6) is 11.5 Å². The van der Waals surface area contributed by atoms with Crippen molar-refractivity contribution in [3.05, 3.63) is 48.0 Å². The lowest BCUT2D eigenvalue weighted by Gasteiger charge is -2.18. The minimum atomic E-state index is 0.822. The quantitative estimate of drug-likeness (QED) is 0.797. The molecule has 18 heavy (non-hydrogen) atoms. The second-order valence-electron chi connectivity index (χ2n) is 4.47. The summed E-state index contributed by atoms with van der Waals surface area (Å²) in [6.07, 6.45) is 2.22. The summed E-state index contributed by atoms with van der Waals surface area (Å²) < 4.78 is 11.1. The number of fused-ring (bicyclic) bond motifs is 1. The van der Waals surface area contributed by atoms with Crippen molar-refractivity contribution in [2.45, 2.75) is 12.8 Å². The van der Waals surface area contributed by atoms with Crippen LogP contribution in [0, 0.1) is 0 Å². The highest BCUT2D eigenvalue weighted by Crippen LogP contribution is 2.34. The fraction of sp³-hybridized carbons (Fsp3) is 0.250. The third-order valence-corrected chi connectivity index (χ3v) is 3.33. The molecule has 0 saturated carbocycles. The van der Waals surface area contributed by atoms with Crippen LogP contribution in [0.4, 0.5) is 0 Å². The summed E-state index contributed by atoms with van der Waals surface area (Å²) in [5, 5.41) is 0. The van der Waals surface area contributed by atoms with Gasteiger partial charge < -0.3 is 9.47 Å². The zero-order valence-corrected chi connectivity index (χ0v) is 10.5. The maximum Gasteiger partial charge on any atom is 0.126 e. The SMILES string of the molecule is COc1ccccc1-c1ccc2c(c1)OCCC2. The summed E-state index contributed by atoms with van der Waals surface area (Å²) in [6, 6.07) is 14.5. The van der Waals surface area contributed by atoms with E-state index in [0.717, 1.165) is 42.1 Å². The lowest BCUT2D eigenvalue weighted by molar-refractivity contribution is 0.288. The number of hydrogen-bond donors (Lipinski definition) is 0. The molecule has 3 rings (SSSR count). The summed E-state index contributed by atoms with van der Waals surface area (Å²) in [5.41, 5.74) is 3.56. The van der Waals surface area contributed by atoms with Crippen LogP contribution in [-0.2, 0) is 6.42 Å². The van der Waals surface area contributed by atoms with E-state index in [2.05, 4.69) is 24.3 Å². The van der Waals surface area contributed by atoms with Crippen LogP contribution in [0.1, 0.15) is 12.0 Å². The zero-order valence-electron chi connectivity index (χ0n) is 10.5. The summed E-state index contributed by atoms with van der Waals surface area (Å²) in [4.78, 5) is 0. The second-order valence-corrected chi connectivity index (χ2v) is 4.47. The Balaban J connectivity index is 2.06. The zero-order chi connectivity index (χ0) is 12.4. The van der Waals surface area contributed by atoms with E-state index in [1.54, 1.807) is 7.11 Å². The monoisotopic (exact) mass is 240 g/mol. The highest BCUT2D eigenvalue weighted by Gasteiger charge is 2.12. The molecule has 2 heteroatoms. The maximum absolute atomic E-state index is 5.72. The molecule has 0 aliphatic carbocycles. The van der Waals surface area contributed by atoms with Gasteiger partial charge in [0.1, 0.15) is 11.5 Å². The van der Waals surface area contributed by atoms with Crippen LogP contribution in [0.2, 0.25) is 0 Å². The molecule has 2 nitrogen and oxygen atoms in total. The van der Waals surface area contributed by atoms with Crippen molar-refractivity contribution >= 4 is 0 Å². The molecule has 0 N–H and O–H groups in total. The van der Waals surface area contributed by atoms with E-state index in [9.17, 15) is 0 Å². The molecule has 0 amide bonds. The Morgan fingerprint density at radius 1 is 1.11 bits per heavy atom. The van der Waals surface area contributed by atoms with Crippen LogP contribution in [-0.4, -0.2) is 13.7 Å². The normalized spacial score (nSPS) is 13.6. The van der Waals surface area contributed by atoms with Crippen molar-refractivity contribution in [3.63, 3.8) is 0 Å². The van der Waals surface area contributed by atoms with Crippen molar-refractivity contribution in [2.75, 3.05) is 13.7 Å². The third kappa shape index (κ3) is 1.94. The molecule has 2 aromatic rings. The lowest BCUT2D eigenvalue weighted by atomic mass is 9.99. The standard InChI is InChI=1S/C16H16O2/c1-17-15-7-3-2-6-14(15)13-9-8-12-5-4-10-18-16(12)11-13/h2-3,6-9,11H,4-5,10H2,1H3. The van der Waals surface area contributed by atoms with Gasteiger partial charge in [-0.3, -0.25) is 0 Å². The van der Waals surface area contributed by atoms with Crippen molar-refractivity contribution in [3.8, 4) is 22.6 Å². The molecule has 0 saturated heterocycles. The molecule has 0 unspecified atom stereocenters. The largest absolute Gasteiger partial charge is 0.496 e. The van der Waals surface area contributed by atoms with E-state index >= 15 is 0 Å². The predicted octanol–water partition coefficient (Wildman–Crippen LogP) is 3.69. The Bertz CT molecular complexity index is 561. The Labute approximate surface area is 107 Å². The van der Waals surface area contributed by atoms with Crippen molar-refractivity contribution in [1.82, 2.24) is 0 Å². The van der Waals surface area contributed by atoms with Crippen molar-refractivity contribution in [1.29, 1.82) is 0 Å². The number of benzene rings is 2. The van der Waals surface area contributed by atoms with Gasteiger partial charge in [-0.1, -0.05) is 30.3 Å². The Kier molecular flexibility index (Phi) is 2.93. The van der Waals surface area contributed by atoms with Gasteiger partial charge in [-0.05, 0) is 36.1 Å². The van der Waals surface area contributed by atoms with Crippen LogP contribution in [0.25, 0.3) is 11.1 Å². The number of ether oxygens (including phenoxy) is 2. The summed E-state index contributed by atoms with van der Waals surface area (Å²) >= 11 is 0. The predicted molar refractivity (Wildman–Crippen MR) is 72.2 cm³/mol. The second kappa shape index (κ2) is 4.73. The number of para-hydroxylation sites is 1. The van der Waals surface area contributed by atoms with E-state index in [-0.39, 0.29) is 0 Å². The fourth-order valence-corrected chi connectivity index (χ4v) is 2.39. The molecule has 0 atom stereocenters. The van der Waals surface area contributed by atoms with Gasteiger partial charge in [0.05, 0.1) is 13.7 Å². The topological polar surface area (TPSA) is 18.5 Å². The van der Waals surface area contributed by atoms with Crippen LogP contribution in [0.3, 0.4) is 0 Å². The molecule has 2 aromatic carbocycles. The first-order valence-electron chi connectivity index (χ1n) is 6.27. The maximum atomic E-state index is 5.72. The van der Waals surface area contributed by atoms with Gasteiger partial charge in [-0.2, -0.15) is 0 Å². The van der Waals surface area contributed by atoms with Crippen LogP contribution < -0.4 is 9.47 Å². The van der Waals surface area contributed by atoms with Gasteiger partial charge in [0.25, 0.3) is 0 Å². The number of hydrogen-bond acceptors (Lipinski definition) is 2. The first kappa shape index (κ1) is 11.1. The van der Waals surface area contributed by atoms with E-state index in [4.69, 9.17) is 9.47 Å². The molecule has 0 bridgehead atoms. The molecule has 1 aliphatic heterocycles. The average Bonchev–Trinajstić information content (AvgIpc) is 2.46. The number of aryl methyl sites for hydroxylation is 1. The van der Waals surface area contributed by atoms with Gasteiger partial charge >= 0.3 is 0 Å². The first-order chi connectivity index (χ1) is 8.88. The van der Waals surface area contributed by atoms with E-state index in [0.29, 0.717) is 0 Å². The molecular weight excluding hydrogens is 224 g/mol. The van der Waals surface area contributed by atoms with Crippen LogP contribution in [0.15, 0.2) is 42.5 Å². The van der Waals surface area contributed by atoms with Crippen LogP contribution >= 0.6 is 0 Å². The van der Waals surface area contributed by atoms with Gasteiger partial charge in [0, 0.05) is 5.56 Å². The smallest absolute Gasteiger partial charge is 0.126 e. The minimum Gasteiger partial charge on any atom is -0.496 e. The molecule has 0 spiro atoms. The fourth-order valence-electron chi connectivity index (χ4n) is 2.39. The van der Waals surface area contributed by atoms with E-state index < -0.39 is 0 Å². The number of rotatable bonds is 2. The molecule has 92 valence electrons. The van der Waals surface area contributed by atoms with E-state index in [1.165, 1.54) is 5.56 Å². The molecule has 0 aromatic heterocycles. The van der Waals surface area contributed by atoms with Gasteiger partial charge in [0.2, 0.25) is 0 Å². The molecule has 0 radical (unpaired) electrons. The van der Waals surface area contributed by atoms with Gasteiger partial charge in [-0.25, -0.2) is 0 Å². The number of methoxy groups -OCH3 is 1. The highest BCUT2D eigenvalue weighted by atomic mass is 16.5. The molecule has 1 heterocycles. The molecular formula is C16H16O2. The van der Waals surface area contributed by atoms with Crippen molar-refractivity contribution in [2.24, 2.45) is 0 Å². The first-order valence-corrected chi connectivity index (χ1v) is 6.27. The Morgan fingerprint density at radius 3 is 2.89 bits per heavy atom. The van der Waals surface area contributed by atoms with Crippen molar-refractivity contribution < 1.29 is 9.47 Å². The van der Waals surface area contributed by atoms with Gasteiger partial charge in [0.15, 0.2) is 0 Å². The molecule has 0 fully saturated rings. The van der Waals surface area contributed by atoms with Gasteiger partial charge in [-0.15, -0.1) is 0 Å². The third-order valence-electron chi connectivity index (χ3n) is 3.33. The highest BCUT2D eigenvalue weighted by molar-refractivity contribution is 5.72. The average molecular weight is 240 g/mol. The summed E-state index contributed by atoms with van der Waals surface area (Å²) in [6.45, 7) is 0.822. The Hall–Kier alpha value is -1.96. The minimum absolute atomic E-state index is 0.822. The summed E-state index contributed by atoms with van der Waals surface area (Å²) in [7, 11) is 1.70. The Morgan fingerprint density at radius 2 is 2.00 bits per heavy atom. The summed E-state index contributed by atoms with van der Waals surface area (Å²) in [5.74, 6) is 1.91. The lowest BCUT2D eigenvalue weighted by Crippen LogP contribution is -2.08. The van der Waals surface area contributed by atoms with E-state index in [1.807, 2.05) is 18.2 Å².